The first-order chi connectivity index (χ1) is 9.11. The van der Waals surface area contributed by atoms with E-state index in [1.807, 2.05) is 12.1 Å². The Labute approximate surface area is 122 Å². The van der Waals surface area contributed by atoms with Crippen LogP contribution in [0.4, 0.5) is 0 Å². The van der Waals surface area contributed by atoms with Crippen LogP contribution >= 0.6 is 15.9 Å². The summed E-state index contributed by atoms with van der Waals surface area (Å²) in [5.74, 6) is 0.450. The second-order valence-electron chi connectivity index (χ2n) is 5.84. The molecule has 0 aliphatic heterocycles. The van der Waals surface area contributed by atoms with Gasteiger partial charge in [-0.05, 0) is 54.9 Å². The van der Waals surface area contributed by atoms with Crippen LogP contribution in [-0.2, 0) is 11.2 Å². The van der Waals surface area contributed by atoms with E-state index in [9.17, 15) is 9.90 Å². The van der Waals surface area contributed by atoms with Crippen LogP contribution in [0.5, 0.6) is 0 Å². The van der Waals surface area contributed by atoms with Crippen molar-refractivity contribution in [2.24, 2.45) is 11.8 Å². The highest BCUT2D eigenvalue weighted by Gasteiger charge is 2.47. The molecule has 0 saturated heterocycles. The zero-order chi connectivity index (χ0) is 13.6. The van der Waals surface area contributed by atoms with Crippen molar-refractivity contribution in [1.29, 1.82) is 0 Å². The molecule has 1 aromatic rings. The molecule has 0 amide bonds. The monoisotopic (exact) mass is 322 g/mol. The second-order valence-corrected chi connectivity index (χ2v) is 6.75. The standard InChI is InChI=1S/C16H19BrO2/c1-2-9-5-6-12(17)8-13(9)14-15(18)10-3-4-11(7-10)16(14)19/h5-6,8,10-11,14-15,18H,2-4,7H2,1H3/t10-,11+,14?,15?/m0/s1. The van der Waals surface area contributed by atoms with E-state index >= 15 is 0 Å². The highest BCUT2D eigenvalue weighted by atomic mass is 79.9. The molecular formula is C16H19BrO2. The number of Topliss-reactive ketones (excluding diaryl/α,β-unsaturated/α-hetero) is 1. The van der Waals surface area contributed by atoms with Crippen LogP contribution in [0.2, 0.25) is 0 Å². The number of rotatable bonds is 2. The zero-order valence-electron chi connectivity index (χ0n) is 11.1. The summed E-state index contributed by atoms with van der Waals surface area (Å²) < 4.78 is 0.984. The quantitative estimate of drug-likeness (QED) is 0.905. The number of fused-ring (bicyclic) bond motifs is 2. The second kappa shape index (κ2) is 5.02. The van der Waals surface area contributed by atoms with E-state index in [4.69, 9.17) is 0 Å². The van der Waals surface area contributed by atoms with Gasteiger partial charge in [-0.1, -0.05) is 28.9 Å². The number of aliphatic hydroxyl groups excluding tert-OH is 1. The predicted molar refractivity (Wildman–Crippen MR) is 78.1 cm³/mol. The third-order valence-corrected chi connectivity index (χ3v) is 5.32. The number of hydrogen-bond acceptors (Lipinski definition) is 2. The highest BCUT2D eigenvalue weighted by molar-refractivity contribution is 9.10. The third-order valence-electron chi connectivity index (χ3n) is 4.83. The summed E-state index contributed by atoms with van der Waals surface area (Å²) in [7, 11) is 0. The predicted octanol–water partition coefficient (Wildman–Crippen LogP) is 3.46. The fraction of sp³-hybridized carbons (Fsp3) is 0.562. The van der Waals surface area contributed by atoms with Crippen LogP contribution in [0.15, 0.2) is 22.7 Å². The van der Waals surface area contributed by atoms with Crippen molar-refractivity contribution in [3.63, 3.8) is 0 Å². The summed E-state index contributed by atoms with van der Waals surface area (Å²) >= 11 is 3.48. The van der Waals surface area contributed by atoms with Crippen LogP contribution in [-0.4, -0.2) is 17.0 Å². The van der Waals surface area contributed by atoms with E-state index in [-0.39, 0.29) is 17.6 Å². The molecule has 2 fully saturated rings. The molecule has 0 heterocycles. The topological polar surface area (TPSA) is 37.3 Å². The number of carbonyl (C=O) groups is 1. The van der Waals surface area contributed by atoms with E-state index < -0.39 is 6.10 Å². The minimum Gasteiger partial charge on any atom is -0.392 e. The molecule has 1 N–H and O–H groups in total. The van der Waals surface area contributed by atoms with Gasteiger partial charge in [0.05, 0.1) is 12.0 Å². The van der Waals surface area contributed by atoms with Gasteiger partial charge in [0.25, 0.3) is 0 Å². The lowest BCUT2D eigenvalue weighted by Gasteiger charge is -2.33. The Morgan fingerprint density at radius 1 is 1.37 bits per heavy atom. The van der Waals surface area contributed by atoms with Crippen molar-refractivity contribution in [3.8, 4) is 0 Å². The van der Waals surface area contributed by atoms with Gasteiger partial charge in [-0.2, -0.15) is 0 Å². The van der Waals surface area contributed by atoms with Crippen LogP contribution < -0.4 is 0 Å². The van der Waals surface area contributed by atoms with Crippen LogP contribution in [0.25, 0.3) is 0 Å². The lowest BCUT2D eigenvalue weighted by atomic mass is 9.73. The Balaban J connectivity index is 2.05. The molecule has 3 heteroatoms. The van der Waals surface area contributed by atoms with E-state index in [0.717, 1.165) is 35.7 Å². The number of benzene rings is 1. The minimum atomic E-state index is -0.495. The fourth-order valence-corrected chi connectivity index (χ4v) is 4.17. The van der Waals surface area contributed by atoms with Gasteiger partial charge in [0, 0.05) is 10.4 Å². The molecule has 102 valence electrons. The summed E-state index contributed by atoms with van der Waals surface area (Å²) in [6.07, 6.45) is 3.27. The zero-order valence-corrected chi connectivity index (χ0v) is 12.7. The Kier molecular flexibility index (Phi) is 3.52. The fourth-order valence-electron chi connectivity index (χ4n) is 3.79. The van der Waals surface area contributed by atoms with Gasteiger partial charge in [-0.3, -0.25) is 4.79 Å². The smallest absolute Gasteiger partial charge is 0.146 e. The number of aliphatic hydroxyl groups is 1. The molecule has 3 rings (SSSR count). The van der Waals surface area contributed by atoms with E-state index in [1.165, 1.54) is 5.56 Å². The molecule has 19 heavy (non-hydrogen) atoms. The Morgan fingerprint density at radius 2 is 2.16 bits per heavy atom. The number of hydrogen-bond donors (Lipinski definition) is 1. The van der Waals surface area contributed by atoms with Crippen molar-refractivity contribution in [3.05, 3.63) is 33.8 Å². The van der Waals surface area contributed by atoms with Gasteiger partial charge in [-0.15, -0.1) is 0 Å². The molecule has 4 atom stereocenters. The summed E-state index contributed by atoms with van der Waals surface area (Å²) in [4.78, 5) is 12.6. The van der Waals surface area contributed by atoms with Gasteiger partial charge >= 0.3 is 0 Å². The van der Waals surface area contributed by atoms with Crippen molar-refractivity contribution in [1.82, 2.24) is 0 Å². The molecule has 2 saturated carbocycles. The maximum absolute atomic E-state index is 12.6. The Hall–Kier alpha value is -0.670. The van der Waals surface area contributed by atoms with E-state index in [1.54, 1.807) is 0 Å². The molecule has 2 aliphatic carbocycles. The Bertz CT molecular complexity index is 511. The molecular weight excluding hydrogens is 304 g/mol. The number of halogens is 1. The molecule has 0 spiro atoms. The number of ketones is 1. The maximum atomic E-state index is 12.6. The summed E-state index contributed by atoms with van der Waals surface area (Å²) in [6.45, 7) is 2.10. The first-order valence-corrected chi connectivity index (χ1v) is 7.91. The van der Waals surface area contributed by atoms with Crippen molar-refractivity contribution in [2.45, 2.75) is 44.6 Å². The van der Waals surface area contributed by atoms with Crippen LogP contribution in [0, 0.1) is 11.8 Å². The Morgan fingerprint density at radius 3 is 2.89 bits per heavy atom. The lowest BCUT2D eigenvalue weighted by Crippen LogP contribution is -2.38. The van der Waals surface area contributed by atoms with E-state index in [0.29, 0.717) is 5.92 Å². The number of aryl methyl sites for hydroxylation is 1. The largest absolute Gasteiger partial charge is 0.392 e. The molecule has 2 nitrogen and oxygen atoms in total. The average Bonchev–Trinajstić information content (AvgIpc) is 2.84. The van der Waals surface area contributed by atoms with Gasteiger partial charge in [0.1, 0.15) is 5.78 Å². The molecule has 2 unspecified atom stereocenters. The van der Waals surface area contributed by atoms with Crippen molar-refractivity contribution < 1.29 is 9.90 Å². The summed E-state index contributed by atoms with van der Waals surface area (Å²) in [5.41, 5.74) is 2.22. The van der Waals surface area contributed by atoms with Gasteiger partial charge < -0.3 is 5.11 Å². The van der Waals surface area contributed by atoms with Gasteiger partial charge in [0.15, 0.2) is 0 Å². The summed E-state index contributed by atoms with van der Waals surface area (Å²) in [6, 6.07) is 6.10. The lowest BCUT2D eigenvalue weighted by molar-refractivity contribution is -0.130. The molecule has 0 aromatic heterocycles. The van der Waals surface area contributed by atoms with Crippen LogP contribution in [0.3, 0.4) is 0 Å². The van der Waals surface area contributed by atoms with Crippen molar-refractivity contribution >= 4 is 21.7 Å². The van der Waals surface area contributed by atoms with Crippen LogP contribution in [0.1, 0.15) is 43.2 Å². The highest BCUT2D eigenvalue weighted by Crippen LogP contribution is 2.47. The SMILES string of the molecule is CCc1ccc(Br)cc1C1C(=O)[C@@H]2CC[C@@H](C2)C1O. The van der Waals surface area contributed by atoms with Crippen molar-refractivity contribution in [2.75, 3.05) is 0 Å². The third kappa shape index (κ3) is 2.17. The maximum Gasteiger partial charge on any atom is 0.146 e. The molecule has 2 aliphatic rings. The van der Waals surface area contributed by atoms with Gasteiger partial charge in [0.2, 0.25) is 0 Å². The van der Waals surface area contributed by atoms with E-state index in [2.05, 4.69) is 28.9 Å². The summed E-state index contributed by atoms with van der Waals surface area (Å²) in [5, 5.41) is 10.6. The normalized spacial score (nSPS) is 33.7. The molecule has 1 aromatic carbocycles. The van der Waals surface area contributed by atoms with Gasteiger partial charge in [-0.25, -0.2) is 0 Å². The minimum absolute atomic E-state index is 0.182. The molecule has 0 radical (unpaired) electrons. The molecule has 2 bridgehead atoms. The number of carbonyl (C=O) groups excluding carboxylic acids is 1. The average molecular weight is 323 g/mol. The first kappa shape index (κ1) is 13.3. The first-order valence-electron chi connectivity index (χ1n) is 7.12.